The maximum atomic E-state index is 13.2. The van der Waals surface area contributed by atoms with E-state index in [2.05, 4.69) is 23.3 Å². The number of piperidine rings is 1. The van der Waals surface area contributed by atoms with Crippen molar-refractivity contribution >= 4 is 23.2 Å². The van der Waals surface area contributed by atoms with Crippen LogP contribution in [-0.4, -0.2) is 39.6 Å². The van der Waals surface area contributed by atoms with E-state index in [4.69, 9.17) is 5.73 Å². The summed E-state index contributed by atoms with van der Waals surface area (Å²) in [6.07, 6.45) is 5.32. The van der Waals surface area contributed by atoms with Gasteiger partial charge in [-0.2, -0.15) is 5.10 Å². The first-order valence-electron chi connectivity index (χ1n) is 10.6. The second-order valence-corrected chi connectivity index (χ2v) is 9.54. The summed E-state index contributed by atoms with van der Waals surface area (Å²) in [5.74, 6) is -0.437. The maximum Gasteiger partial charge on any atom is 0.257 e. The van der Waals surface area contributed by atoms with E-state index in [1.54, 1.807) is 33.3 Å². The minimum Gasteiger partial charge on any atom is -0.369 e. The van der Waals surface area contributed by atoms with Gasteiger partial charge < -0.3 is 10.6 Å². The van der Waals surface area contributed by atoms with Crippen LogP contribution in [0.25, 0.3) is 10.4 Å². The van der Waals surface area contributed by atoms with Gasteiger partial charge in [-0.1, -0.05) is 30.3 Å². The Bertz CT molecular complexity index is 1070. The molecule has 162 valence electrons. The highest BCUT2D eigenvalue weighted by Gasteiger charge is 2.43. The Kier molecular flexibility index (Phi) is 5.96. The highest BCUT2D eigenvalue weighted by molar-refractivity contribution is 7.13. The molecule has 0 saturated carbocycles. The van der Waals surface area contributed by atoms with Crippen LogP contribution in [0.5, 0.6) is 0 Å². The zero-order chi connectivity index (χ0) is 22.0. The van der Waals surface area contributed by atoms with Gasteiger partial charge in [-0.3, -0.25) is 14.3 Å². The quantitative estimate of drug-likeness (QED) is 0.630. The molecule has 1 fully saturated rings. The number of nitrogens with zero attached hydrogens (tertiary/aromatic N) is 3. The number of rotatable bonds is 6. The summed E-state index contributed by atoms with van der Waals surface area (Å²) >= 11 is 1.68. The summed E-state index contributed by atoms with van der Waals surface area (Å²) in [4.78, 5) is 28.9. The molecule has 2 amide bonds. The summed E-state index contributed by atoms with van der Waals surface area (Å²) in [5.41, 5.74) is 7.95. The van der Waals surface area contributed by atoms with Crippen molar-refractivity contribution < 1.29 is 9.59 Å². The van der Waals surface area contributed by atoms with Gasteiger partial charge in [-0.05, 0) is 55.7 Å². The third kappa shape index (κ3) is 4.28. The number of carbonyl (C=O) groups excluding carboxylic acids is 2. The van der Waals surface area contributed by atoms with E-state index in [1.807, 2.05) is 37.4 Å². The zero-order valence-corrected chi connectivity index (χ0v) is 18.8. The van der Waals surface area contributed by atoms with Crippen LogP contribution in [0.15, 0.2) is 54.2 Å². The van der Waals surface area contributed by atoms with E-state index in [0.717, 1.165) is 17.5 Å². The molecule has 3 aromatic rings. The number of nitrogens with two attached hydrogens (primary N) is 1. The average molecular weight is 437 g/mol. The van der Waals surface area contributed by atoms with Gasteiger partial charge in [-0.25, -0.2) is 0 Å². The Morgan fingerprint density at radius 2 is 2.03 bits per heavy atom. The molecule has 1 saturated heterocycles. The minimum absolute atomic E-state index is 0.0937. The van der Waals surface area contributed by atoms with Gasteiger partial charge in [0.25, 0.3) is 5.91 Å². The first kappa shape index (κ1) is 21.3. The number of thiophene rings is 1. The molecule has 31 heavy (non-hydrogen) atoms. The van der Waals surface area contributed by atoms with Crippen LogP contribution in [0.2, 0.25) is 0 Å². The Morgan fingerprint density at radius 3 is 2.71 bits per heavy atom. The minimum atomic E-state index is -0.782. The molecule has 2 N–H and O–H groups in total. The van der Waals surface area contributed by atoms with Crippen LogP contribution in [0, 0.1) is 5.41 Å². The van der Waals surface area contributed by atoms with Crippen molar-refractivity contribution in [2.24, 2.45) is 11.1 Å². The Morgan fingerprint density at radius 1 is 1.23 bits per heavy atom. The molecule has 0 spiro atoms. The molecule has 1 aliphatic rings. The fourth-order valence-electron chi connectivity index (χ4n) is 4.36. The second-order valence-electron chi connectivity index (χ2n) is 8.59. The van der Waals surface area contributed by atoms with Crippen molar-refractivity contribution in [1.82, 2.24) is 14.7 Å². The van der Waals surface area contributed by atoms with Crippen LogP contribution in [0.3, 0.4) is 0 Å². The predicted molar refractivity (Wildman–Crippen MR) is 123 cm³/mol. The number of benzene rings is 1. The first-order valence-corrected chi connectivity index (χ1v) is 11.5. The van der Waals surface area contributed by atoms with Crippen LogP contribution in [0.4, 0.5) is 0 Å². The summed E-state index contributed by atoms with van der Waals surface area (Å²) in [6, 6.07) is 12.4. The summed E-state index contributed by atoms with van der Waals surface area (Å²) in [7, 11) is 0. The van der Waals surface area contributed by atoms with Crippen molar-refractivity contribution in [3.63, 3.8) is 0 Å². The van der Waals surface area contributed by atoms with E-state index >= 15 is 0 Å². The van der Waals surface area contributed by atoms with Crippen molar-refractivity contribution in [3.8, 4) is 10.4 Å². The van der Waals surface area contributed by atoms with Gasteiger partial charge in [0.05, 0.1) is 17.2 Å². The molecule has 2 aromatic heterocycles. The van der Waals surface area contributed by atoms with Gasteiger partial charge in [0.1, 0.15) is 0 Å². The highest BCUT2D eigenvalue weighted by atomic mass is 32.1. The SMILES string of the molecule is CC(C)n1cc(C(=O)N2CCCC(Cc3ccccc3-c3cccs3)(C(N)=O)C2)cn1. The molecule has 3 heterocycles. The standard InChI is InChI=1S/C24H28N4O2S/c1-17(2)28-15-19(14-26-28)22(29)27-11-6-10-24(16-27,23(25)30)13-18-7-3-4-8-20(18)21-9-5-12-31-21/h3-5,7-9,12,14-15,17H,6,10-11,13,16H2,1-2H3,(H2,25,30). The zero-order valence-electron chi connectivity index (χ0n) is 18.0. The maximum absolute atomic E-state index is 13.2. The second kappa shape index (κ2) is 8.67. The van der Waals surface area contributed by atoms with Crippen molar-refractivity contribution in [2.45, 2.75) is 39.2 Å². The third-order valence-electron chi connectivity index (χ3n) is 6.10. The first-order chi connectivity index (χ1) is 14.9. The number of amides is 2. The van der Waals surface area contributed by atoms with E-state index in [-0.39, 0.29) is 17.9 Å². The molecule has 4 rings (SSSR count). The van der Waals surface area contributed by atoms with Crippen LogP contribution >= 0.6 is 11.3 Å². The monoisotopic (exact) mass is 436 g/mol. The van der Waals surface area contributed by atoms with Crippen molar-refractivity contribution in [2.75, 3.05) is 13.1 Å². The van der Waals surface area contributed by atoms with E-state index in [0.29, 0.717) is 31.5 Å². The summed E-state index contributed by atoms with van der Waals surface area (Å²) in [6.45, 7) is 4.98. The third-order valence-corrected chi connectivity index (χ3v) is 7.00. The Labute approximate surface area is 186 Å². The molecule has 0 bridgehead atoms. The molecule has 1 atom stereocenters. The molecule has 6 nitrogen and oxygen atoms in total. The van der Waals surface area contributed by atoms with Crippen molar-refractivity contribution in [1.29, 1.82) is 0 Å². The largest absolute Gasteiger partial charge is 0.369 e. The topological polar surface area (TPSA) is 81.2 Å². The Hall–Kier alpha value is -2.93. The molecular weight excluding hydrogens is 408 g/mol. The van der Waals surface area contributed by atoms with E-state index < -0.39 is 5.41 Å². The lowest BCUT2D eigenvalue weighted by molar-refractivity contribution is -0.130. The van der Waals surface area contributed by atoms with Crippen molar-refractivity contribution in [3.05, 3.63) is 65.3 Å². The lowest BCUT2D eigenvalue weighted by Gasteiger charge is -2.41. The number of likely N-dealkylation sites (tertiary alicyclic amines) is 1. The number of hydrogen-bond acceptors (Lipinski definition) is 4. The van der Waals surface area contributed by atoms with Crippen LogP contribution < -0.4 is 5.73 Å². The van der Waals surface area contributed by atoms with Crippen LogP contribution in [-0.2, 0) is 11.2 Å². The molecule has 1 aromatic carbocycles. The average Bonchev–Trinajstić information content (AvgIpc) is 3.46. The molecular formula is C24H28N4O2S. The molecule has 1 aliphatic heterocycles. The fraction of sp³-hybridized carbons (Fsp3) is 0.375. The predicted octanol–water partition coefficient (Wildman–Crippen LogP) is 4.14. The van der Waals surface area contributed by atoms with E-state index in [9.17, 15) is 9.59 Å². The number of carbonyl (C=O) groups is 2. The van der Waals surface area contributed by atoms with Gasteiger partial charge in [0.15, 0.2) is 0 Å². The number of primary amides is 1. The van der Waals surface area contributed by atoms with Gasteiger partial charge in [-0.15, -0.1) is 11.3 Å². The van der Waals surface area contributed by atoms with Gasteiger partial charge in [0.2, 0.25) is 5.91 Å². The smallest absolute Gasteiger partial charge is 0.257 e. The lowest BCUT2D eigenvalue weighted by Crippen LogP contribution is -2.53. The molecule has 7 heteroatoms. The molecule has 1 unspecified atom stereocenters. The molecule has 0 radical (unpaired) electrons. The Balaban J connectivity index is 1.61. The van der Waals surface area contributed by atoms with E-state index in [1.165, 1.54) is 4.88 Å². The van der Waals surface area contributed by atoms with Gasteiger partial charge in [0, 0.05) is 30.2 Å². The number of aromatic nitrogens is 2. The molecule has 0 aliphatic carbocycles. The van der Waals surface area contributed by atoms with Gasteiger partial charge >= 0.3 is 0 Å². The summed E-state index contributed by atoms with van der Waals surface area (Å²) < 4.78 is 1.77. The van der Waals surface area contributed by atoms with Crippen LogP contribution in [0.1, 0.15) is 48.7 Å². The normalized spacial score (nSPS) is 19.0. The number of hydrogen-bond donors (Lipinski definition) is 1. The summed E-state index contributed by atoms with van der Waals surface area (Å²) in [5, 5.41) is 6.34. The highest BCUT2D eigenvalue weighted by Crippen LogP contribution is 2.38. The fourth-order valence-corrected chi connectivity index (χ4v) is 5.15. The lowest BCUT2D eigenvalue weighted by atomic mass is 9.73.